The molecule has 1 aromatic heterocycles. The number of carbonyl (C=O) groups excluding carboxylic acids is 2. The first-order valence-corrected chi connectivity index (χ1v) is 3.95. The standard InChI is InChI=1S/C8H10N4O2/c1-5-3-7(10-4-9-5)8(14)12-11-6(2)13/h3-4H,1-2H3,(H,11,13)(H,12,14). The van der Waals surface area contributed by atoms with Crippen molar-refractivity contribution in [3.8, 4) is 0 Å². The fourth-order valence-electron chi connectivity index (χ4n) is 0.788. The summed E-state index contributed by atoms with van der Waals surface area (Å²) in [6.07, 6.45) is 1.29. The van der Waals surface area contributed by atoms with Crippen molar-refractivity contribution in [3.05, 3.63) is 23.8 Å². The molecule has 14 heavy (non-hydrogen) atoms. The van der Waals surface area contributed by atoms with Crippen molar-refractivity contribution in [2.45, 2.75) is 13.8 Å². The third kappa shape index (κ3) is 2.81. The van der Waals surface area contributed by atoms with Crippen molar-refractivity contribution in [3.63, 3.8) is 0 Å². The van der Waals surface area contributed by atoms with Crippen LogP contribution >= 0.6 is 0 Å². The first-order valence-electron chi connectivity index (χ1n) is 3.95. The molecule has 0 saturated carbocycles. The zero-order valence-electron chi connectivity index (χ0n) is 7.87. The molecule has 6 nitrogen and oxygen atoms in total. The lowest BCUT2D eigenvalue weighted by molar-refractivity contribution is -0.119. The molecule has 0 bridgehead atoms. The van der Waals surface area contributed by atoms with E-state index in [2.05, 4.69) is 20.8 Å². The van der Waals surface area contributed by atoms with Gasteiger partial charge in [0.15, 0.2) is 0 Å². The van der Waals surface area contributed by atoms with Gasteiger partial charge in [-0.1, -0.05) is 0 Å². The summed E-state index contributed by atoms with van der Waals surface area (Å²) in [6.45, 7) is 3.04. The van der Waals surface area contributed by atoms with E-state index in [1.54, 1.807) is 6.92 Å². The molecule has 1 aromatic rings. The number of hydrogen-bond acceptors (Lipinski definition) is 4. The van der Waals surface area contributed by atoms with Crippen LogP contribution in [-0.4, -0.2) is 21.8 Å². The Labute approximate surface area is 80.7 Å². The molecule has 2 N–H and O–H groups in total. The van der Waals surface area contributed by atoms with Crippen LogP contribution in [-0.2, 0) is 4.79 Å². The van der Waals surface area contributed by atoms with Crippen molar-refractivity contribution in [2.24, 2.45) is 0 Å². The Kier molecular flexibility index (Phi) is 3.11. The lowest BCUT2D eigenvalue weighted by Crippen LogP contribution is -2.40. The third-order valence-corrected chi connectivity index (χ3v) is 1.39. The number of aryl methyl sites for hydroxylation is 1. The summed E-state index contributed by atoms with van der Waals surface area (Å²) in [5.74, 6) is -0.810. The quantitative estimate of drug-likeness (QED) is 0.594. The summed E-state index contributed by atoms with van der Waals surface area (Å²) < 4.78 is 0. The van der Waals surface area contributed by atoms with Crippen LogP contribution in [0.4, 0.5) is 0 Å². The van der Waals surface area contributed by atoms with Crippen LogP contribution in [0.3, 0.4) is 0 Å². The zero-order valence-corrected chi connectivity index (χ0v) is 7.87. The van der Waals surface area contributed by atoms with Crippen LogP contribution in [0, 0.1) is 6.92 Å². The summed E-state index contributed by atoms with van der Waals surface area (Å²) in [5, 5.41) is 0. The van der Waals surface area contributed by atoms with Gasteiger partial charge in [0.25, 0.3) is 5.91 Å². The predicted octanol–water partition coefficient (Wildman–Crippen LogP) is -0.434. The van der Waals surface area contributed by atoms with Crippen LogP contribution in [0.5, 0.6) is 0 Å². The van der Waals surface area contributed by atoms with Crippen LogP contribution in [0.1, 0.15) is 23.1 Å². The topological polar surface area (TPSA) is 84.0 Å². The van der Waals surface area contributed by atoms with E-state index >= 15 is 0 Å². The molecule has 1 rings (SSSR count). The average molecular weight is 194 g/mol. The number of aromatic nitrogens is 2. The summed E-state index contributed by atoms with van der Waals surface area (Å²) in [5.41, 5.74) is 5.26. The highest BCUT2D eigenvalue weighted by molar-refractivity contribution is 5.93. The minimum absolute atomic E-state index is 0.214. The lowest BCUT2D eigenvalue weighted by atomic mass is 10.3. The highest BCUT2D eigenvalue weighted by atomic mass is 16.2. The minimum Gasteiger partial charge on any atom is -0.274 e. The van der Waals surface area contributed by atoms with Crippen LogP contribution in [0.2, 0.25) is 0 Å². The SMILES string of the molecule is CC(=O)NNC(=O)c1cc(C)ncn1. The Bertz CT molecular complexity index is 364. The van der Waals surface area contributed by atoms with E-state index < -0.39 is 5.91 Å². The van der Waals surface area contributed by atoms with E-state index in [1.807, 2.05) is 0 Å². The summed E-state index contributed by atoms with van der Waals surface area (Å²) in [6, 6.07) is 1.52. The van der Waals surface area contributed by atoms with E-state index in [9.17, 15) is 9.59 Å². The maximum atomic E-state index is 11.3. The summed E-state index contributed by atoms with van der Waals surface area (Å²) in [7, 11) is 0. The summed E-state index contributed by atoms with van der Waals surface area (Å²) in [4.78, 5) is 29.4. The van der Waals surface area contributed by atoms with Gasteiger partial charge < -0.3 is 0 Å². The number of hydrazine groups is 1. The lowest BCUT2D eigenvalue weighted by Gasteiger charge is -2.03. The van der Waals surface area contributed by atoms with Crippen molar-refractivity contribution in [2.75, 3.05) is 0 Å². The largest absolute Gasteiger partial charge is 0.288 e. The summed E-state index contributed by atoms with van der Waals surface area (Å²) >= 11 is 0. The predicted molar refractivity (Wildman–Crippen MR) is 48.1 cm³/mol. The molecule has 2 amide bonds. The Hall–Kier alpha value is -1.98. The van der Waals surface area contributed by atoms with Crippen molar-refractivity contribution >= 4 is 11.8 Å². The van der Waals surface area contributed by atoms with Gasteiger partial charge in [-0.3, -0.25) is 20.4 Å². The molecule has 0 unspecified atom stereocenters. The van der Waals surface area contributed by atoms with Gasteiger partial charge in [0.2, 0.25) is 5.91 Å². The van der Waals surface area contributed by atoms with E-state index in [4.69, 9.17) is 0 Å². The Morgan fingerprint density at radius 1 is 1.29 bits per heavy atom. The highest BCUT2D eigenvalue weighted by Crippen LogP contribution is 1.95. The minimum atomic E-state index is -0.467. The monoisotopic (exact) mass is 194 g/mol. The molecule has 0 atom stereocenters. The number of nitrogens with one attached hydrogen (secondary N) is 2. The number of carbonyl (C=O) groups is 2. The van der Waals surface area contributed by atoms with Crippen LogP contribution < -0.4 is 10.9 Å². The number of amides is 2. The van der Waals surface area contributed by atoms with Gasteiger partial charge in [0.05, 0.1) is 0 Å². The van der Waals surface area contributed by atoms with Crippen LogP contribution in [0.25, 0.3) is 0 Å². The van der Waals surface area contributed by atoms with Crippen molar-refractivity contribution in [1.29, 1.82) is 0 Å². The second-order valence-corrected chi connectivity index (χ2v) is 2.68. The maximum Gasteiger partial charge on any atom is 0.288 e. The number of hydrogen-bond donors (Lipinski definition) is 2. The van der Waals surface area contributed by atoms with Crippen molar-refractivity contribution < 1.29 is 9.59 Å². The van der Waals surface area contributed by atoms with Crippen molar-refractivity contribution in [1.82, 2.24) is 20.8 Å². The normalized spacial score (nSPS) is 9.29. The average Bonchev–Trinajstić information content (AvgIpc) is 2.14. The molecular formula is C8H10N4O2. The second kappa shape index (κ2) is 4.31. The molecule has 0 aliphatic heterocycles. The van der Waals surface area contributed by atoms with E-state index in [-0.39, 0.29) is 11.6 Å². The fourth-order valence-corrected chi connectivity index (χ4v) is 0.788. The van der Waals surface area contributed by atoms with Gasteiger partial charge in [-0.25, -0.2) is 9.97 Å². The zero-order chi connectivity index (χ0) is 10.6. The van der Waals surface area contributed by atoms with Crippen LogP contribution in [0.15, 0.2) is 12.4 Å². The molecule has 0 spiro atoms. The van der Waals surface area contributed by atoms with E-state index in [0.717, 1.165) is 0 Å². The Morgan fingerprint density at radius 2 is 2.00 bits per heavy atom. The van der Waals surface area contributed by atoms with Gasteiger partial charge in [-0.05, 0) is 13.0 Å². The van der Waals surface area contributed by atoms with Gasteiger partial charge in [-0.15, -0.1) is 0 Å². The van der Waals surface area contributed by atoms with E-state index in [0.29, 0.717) is 5.69 Å². The Balaban J connectivity index is 2.65. The first kappa shape index (κ1) is 10.1. The second-order valence-electron chi connectivity index (χ2n) is 2.68. The molecule has 0 aliphatic carbocycles. The molecule has 1 heterocycles. The molecule has 74 valence electrons. The number of nitrogens with zero attached hydrogens (tertiary/aromatic N) is 2. The smallest absolute Gasteiger partial charge is 0.274 e. The van der Waals surface area contributed by atoms with Gasteiger partial charge >= 0.3 is 0 Å². The highest BCUT2D eigenvalue weighted by Gasteiger charge is 2.06. The third-order valence-electron chi connectivity index (χ3n) is 1.39. The Morgan fingerprint density at radius 3 is 2.57 bits per heavy atom. The van der Waals surface area contributed by atoms with Gasteiger partial charge in [0.1, 0.15) is 12.0 Å². The maximum absolute atomic E-state index is 11.3. The molecule has 0 aliphatic rings. The molecule has 0 radical (unpaired) electrons. The van der Waals surface area contributed by atoms with E-state index in [1.165, 1.54) is 19.3 Å². The van der Waals surface area contributed by atoms with Gasteiger partial charge in [0, 0.05) is 12.6 Å². The molecular weight excluding hydrogens is 184 g/mol. The molecule has 6 heteroatoms. The molecule has 0 fully saturated rings. The fraction of sp³-hybridized carbons (Fsp3) is 0.250. The molecule has 0 aromatic carbocycles. The van der Waals surface area contributed by atoms with Gasteiger partial charge in [-0.2, -0.15) is 0 Å². The number of rotatable bonds is 1. The first-order chi connectivity index (χ1) is 6.59. The molecule has 0 saturated heterocycles.